The molecule has 0 aliphatic carbocycles. The van der Waals surface area contributed by atoms with Crippen molar-refractivity contribution in [1.82, 2.24) is 14.5 Å². The highest BCUT2D eigenvalue weighted by Crippen LogP contribution is 2.24. The standard InChI is InChI=1S/C23H22N4O3S/c1-15(26(2)21(29)19-14-24-23-27(22(19)30)11-12-31-23)17-9-6-10-18(13-17)25-20(28)16-7-4-3-5-8-16/h3-10,13-15H,11-12H2,1-2H3,(H,25,28). The third-order valence-corrected chi connectivity index (χ3v) is 6.32. The van der Waals surface area contributed by atoms with Crippen molar-refractivity contribution < 1.29 is 9.59 Å². The Labute approximate surface area is 184 Å². The van der Waals surface area contributed by atoms with Crippen LogP contribution in [0.3, 0.4) is 0 Å². The summed E-state index contributed by atoms with van der Waals surface area (Å²) in [5.74, 6) is 0.203. The van der Waals surface area contributed by atoms with Crippen LogP contribution in [0.25, 0.3) is 0 Å². The number of amides is 2. The fraction of sp³-hybridized carbons (Fsp3) is 0.217. The summed E-state index contributed by atoms with van der Waals surface area (Å²) in [4.78, 5) is 43.9. The van der Waals surface area contributed by atoms with E-state index in [1.807, 2.05) is 43.3 Å². The van der Waals surface area contributed by atoms with Crippen LogP contribution in [0.2, 0.25) is 0 Å². The van der Waals surface area contributed by atoms with Gasteiger partial charge in [0.15, 0.2) is 5.16 Å². The van der Waals surface area contributed by atoms with Crippen LogP contribution in [-0.2, 0) is 6.54 Å². The first kappa shape index (κ1) is 20.9. The molecule has 1 aliphatic rings. The van der Waals surface area contributed by atoms with Crippen LogP contribution in [-0.4, -0.2) is 39.1 Å². The summed E-state index contributed by atoms with van der Waals surface area (Å²) in [7, 11) is 1.66. The van der Waals surface area contributed by atoms with Gasteiger partial charge in [-0.1, -0.05) is 42.1 Å². The van der Waals surface area contributed by atoms with Crippen molar-refractivity contribution in [2.75, 3.05) is 18.1 Å². The van der Waals surface area contributed by atoms with Crippen molar-refractivity contribution in [3.05, 3.63) is 87.8 Å². The van der Waals surface area contributed by atoms with E-state index < -0.39 is 0 Å². The van der Waals surface area contributed by atoms with E-state index in [0.29, 0.717) is 23.0 Å². The van der Waals surface area contributed by atoms with Crippen molar-refractivity contribution in [3.63, 3.8) is 0 Å². The Kier molecular flexibility index (Phi) is 5.90. The minimum Gasteiger partial charge on any atom is -0.335 e. The topological polar surface area (TPSA) is 84.3 Å². The molecule has 2 heterocycles. The number of nitrogens with zero attached hydrogens (tertiary/aromatic N) is 3. The second-order valence-corrected chi connectivity index (χ2v) is 8.36. The van der Waals surface area contributed by atoms with E-state index in [9.17, 15) is 14.4 Å². The lowest BCUT2D eigenvalue weighted by Gasteiger charge is -2.25. The zero-order valence-corrected chi connectivity index (χ0v) is 18.1. The highest BCUT2D eigenvalue weighted by atomic mass is 32.2. The maximum atomic E-state index is 13.0. The van der Waals surface area contributed by atoms with Crippen LogP contribution in [0.1, 0.15) is 39.2 Å². The van der Waals surface area contributed by atoms with Gasteiger partial charge in [0.2, 0.25) is 0 Å². The van der Waals surface area contributed by atoms with E-state index in [1.54, 1.807) is 29.8 Å². The first-order valence-electron chi connectivity index (χ1n) is 9.92. The summed E-state index contributed by atoms with van der Waals surface area (Å²) in [5.41, 5.74) is 1.80. The van der Waals surface area contributed by atoms with Crippen LogP contribution in [0.5, 0.6) is 0 Å². The smallest absolute Gasteiger partial charge is 0.267 e. The minimum absolute atomic E-state index is 0.0640. The Bertz CT molecular complexity index is 1190. The predicted molar refractivity (Wildman–Crippen MR) is 121 cm³/mol. The van der Waals surface area contributed by atoms with Crippen molar-refractivity contribution in [2.24, 2.45) is 0 Å². The highest BCUT2D eigenvalue weighted by Gasteiger charge is 2.25. The SMILES string of the molecule is CC(c1cccc(NC(=O)c2ccccc2)c1)N(C)C(=O)c1cnc2n(c1=O)CCS2. The molecule has 1 aromatic heterocycles. The molecule has 1 unspecified atom stereocenters. The Morgan fingerprint density at radius 3 is 2.71 bits per heavy atom. The van der Waals surface area contributed by atoms with E-state index in [4.69, 9.17) is 0 Å². The minimum atomic E-state index is -0.379. The summed E-state index contributed by atoms with van der Waals surface area (Å²) in [6.07, 6.45) is 1.37. The molecule has 1 atom stereocenters. The lowest BCUT2D eigenvalue weighted by atomic mass is 10.1. The van der Waals surface area contributed by atoms with Crippen LogP contribution < -0.4 is 10.9 Å². The van der Waals surface area contributed by atoms with Gasteiger partial charge in [0.25, 0.3) is 17.4 Å². The van der Waals surface area contributed by atoms with Gasteiger partial charge in [-0.3, -0.25) is 19.0 Å². The Morgan fingerprint density at radius 2 is 1.94 bits per heavy atom. The molecule has 0 saturated heterocycles. The van der Waals surface area contributed by atoms with Crippen LogP contribution in [0.4, 0.5) is 5.69 Å². The van der Waals surface area contributed by atoms with Crippen molar-refractivity contribution in [1.29, 1.82) is 0 Å². The molecule has 0 fully saturated rings. The molecule has 4 rings (SSSR count). The normalized spacial score (nSPS) is 13.4. The van der Waals surface area contributed by atoms with Gasteiger partial charge in [0.05, 0.1) is 6.04 Å². The van der Waals surface area contributed by atoms with E-state index >= 15 is 0 Å². The van der Waals surface area contributed by atoms with Gasteiger partial charge in [0, 0.05) is 36.8 Å². The lowest BCUT2D eigenvalue weighted by Crippen LogP contribution is -2.36. The summed E-state index contributed by atoms with van der Waals surface area (Å²) in [6, 6.07) is 16.0. The average molecular weight is 435 g/mol. The summed E-state index contributed by atoms with van der Waals surface area (Å²) >= 11 is 1.51. The number of aromatic nitrogens is 2. The monoisotopic (exact) mass is 434 g/mol. The van der Waals surface area contributed by atoms with Gasteiger partial charge in [-0.2, -0.15) is 0 Å². The van der Waals surface area contributed by atoms with E-state index in [1.165, 1.54) is 22.9 Å². The van der Waals surface area contributed by atoms with Crippen LogP contribution in [0, 0.1) is 0 Å². The van der Waals surface area contributed by atoms with Gasteiger partial charge in [0.1, 0.15) is 5.56 Å². The number of nitrogens with one attached hydrogen (secondary N) is 1. The Hall–Kier alpha value is -3.39. The predicted octanol–water partition coefficient (Wildman–Crippen LogP) is 3.43. The third-order valence-electron chi connectivity index (χ3n) is 5.35. The molecule has 1 N–H and O–H groups in total. The first-order chi connectivity index (χ1) is 15.0. The molecule has 3 aromatic rings. The number of benzene rings is 2. The molecule has 1 aliphatic heterocycles. The van der Waals surface area contributed by atoms with Crippen LogP contribution in [0.15, 0.2) is 70.7 Å². The van der Waals surface area contributed by atoms with Crippen molar-refractivity contribution in [2.45, 2.75) is 24.7 Å². The number of hydrogen-bond donors (Lipinski definition) is 1. The number of rotatable bonds is 5. The summed E-state index contributed by atoms with van der Waals surface area (Å²) in [6.45, 7) is 2.44. The molecular formula is C23H22N4O3S. The van der Waals surface area contributed by atoms with Gasteiger partial charge >= 0.3 is 0 Å². The number of anilines is 1. The number of fused-ring (bicyclic) bond motifs is 1. The van der Waals surface area contributed by atoms with Crippen molar-refractivity contribution in [3.8, 4) is 0 Å². The number of hydrogen-bond acceptors (Lipinski definition) is 5. The molecule has 0 radical (unpaired) electrons. The summed E-state index contributed by atoms with van der Waals surface area (Å²) in [5, 5.41) is 3.53. The first-order valence-corrected chi connectivity index (χ1v) is 10.9. The molecule has 0 spiro atoms. The van der Waals surface area contributed by atoms with Gasteiger partial charge in [-0.15, -0.1) is 0 Å². The number of carbonyl (C=O) groups excluding carboxylic acids is 2. The molecule has 2 aromatic carbocycles. The fourth-order valence-corrected chi connectivity index (χ4v) is 4.34. The second-order valence-electron chi connectivity index (χ2n) is 7.30. The molecule has 0 bridgehead atoms. The highest BCUT2D eigenvalue weighted by molar-refractivity contribution is 7.99. The summed E-state index contributed by atoms with van der Waals surface area (Å²) < 4.78 is 1.55. The zero-order chi connectivity index (χ0) is 22.0. The van der Waals surface area contributed by atoms with Gasteiger partial charge < -0.3 is 10.2 Å². The number of carbonyl (C=O) groups is 2. The molecule has 31 heavy (non-hydrogen) atoms. The Balaban J connectivity index is 1.52. The van der Waals surface area contributed by atoms with E-state index in [2.05, 4.69) is 10.3 Å². The molecule has 7 nitrogen and oxygen atoms in total. The zero-order valence-electron chi connectivity index (χ0n) is 17.2. The lowest BCUT2D eigenvalue weighted by molar-refractivity contribution is 0.0739. The molecule has 2 amide bonds. The second kappa shape index (κ2) is 8.77. The van der Waals surface area contributed by atoms with Crippen LogP contribution >= 0.6 is 11.8 Å². The Morgan fingerprint density at radius 1 is 1.16 bits per heavy atom. The average Bonchev–Trinajstić information content (AvgIpc) is 3.28. The van der Waals surface area contributed by atoms with Gasteiger partial charge in [-0.05, 0) is 36.8 Å². The van der Waals surface area contributed by atoms with E-state index in [-0.39, 0.29) is 29.0 Å². The largest absolute Gasteiger partial charge is 0.335 e. The van der Waals surface area contributed by atoms with Crippen molar-refractivity contribution >= 4 is 29.3 Å². The maximum absolute atomic E-state index is 13.0. The van der Waals surface area contributed by atoms with Gasteiger partial charge in [-0.25, -0.2) is 4.98 Å². The third kappa shape index (κ3) is 4.25. The molecule has 0 saturated carbocycles. The maximum Gasteiger partial charge on any atom is 0.267 e. The van der Waals surface area contributed by atoms with E-state index in [0.717, 1.165) is 11.3 Å². The quantitative estimate of drug-likeness (QED) is 0.622. The molecule has 8 heteroatoms. The molecule has 158 valence electrons. The fourth-order valence-electron chi connectivity index (χ4n) is 3.42. The molecular weight excluding hydrogens is 412 g/mol. The number of thioether (sulfide) groups is 1.